The van der Waals surface area contributed by atoms with Crippen LogP contribution in [-0.4, -0.2) is 42.6 Å². The lowest BCUT2D eigenvalue weighted by molar-refractivity contribution is -0.182. The minimum Gasteiger partial charge on any atom is -0.456 e. The lowest BCUT2D eigenvalue weighted by Crippen LogP contribution is -2.36. The van der Waals surface area contributed by atoms with E-state index in [9.17, 15) is 9.59 Å². The molecule has 0 amide bonds. The summed E-state index contributed by atoms with van der Waals surface area (Å²) in [7, 11) is 0. The van der Waals surface area contributed by atoms with Gasteiger partial charge in [-0.3, -0.25) is 4.79 Å². The fourth-order valence-corrected chi connectivity index (χ4v) is 3.69. The summed E-state index contributed by atoms with van der Waals surface area (Å²) in [5, 5.41) is 0. The van der Waals surface area contributed by atoms with Crippen molar-refractivity contribution in [2.24, 2.45) is 0 Å². The van der Waals surface area contributed by atoms with Gasteiger partial charge in [-0.1, -0.05) is 72.8 Å². The van der Waals surface area contributed by atoms with Gasteiger partial charge >= 0.3 is 11.9 Å². The van der Waals surface area contributed by atoms with E-state index in [-0.39, 0.29) is 12.7 Å². The first-order chi connectivity index (χ1) is 16.7. The van der Waals surface area contributed by atoms with Gasteiger partial charge in [0, 0.05) is 18.9 Å². The second-order valence-electron chi connectivity index (χ2n) is 8.91. The first-order valence-corrected chi connectivity index (χ1v) is 11.8. The Hall–Kier alpha value is -3.00. The van der Waals surface area contributed by atoms with Gasteiger partial charge in [0.25, 0.3) is 0 Å². The van der Waals surface area contributed by atoms with Gasteiger partial charge in [-0.25, -0.2) is 4.79 Å². The zero-order chi connectivity index (χ0) is 25.3. The molecule has 0 bridgehead atoms. The fourth-order valence-electron chi connectivity index (χ4n) is 3.69. The van der Waals surface area contributed by atoms with E-state index < -0.39 is 36.0 Å². The molecule has 1 heterocycles. The van der Waals surface area contributed by atoms with E-state index in [1.165, 1.54) is 6.92 Å². The van der Waals surface area contributed by atoms with Crippen LogP contribution in [-0.2, 0) is 39.9 Å². The van der Waals surface area contributed by atoms with Crippen molar-refractivity contribution in [2.75, 3.05) is 6.61 Å². The number of hydrogen-bond acceptors (Lipinski definition) is 7. The van der Waals surface area contributed by atoms with Crippen molar-refractivity contribution in [1.82, 2.24) is 0 Å². The first-order valence-electron chi connectivity index (χ1n) is 11.8. The third kappa shape index (κ3) is 8.62. The quantitative estimate of drug-likeness (QED) is 0.333. The highest BCUT2D eigenvalue weighted by Gasteiger charge is 2.40. The highest BCUT2D eigenvalue weighted by molar-refractivity contribution is 5.80. The Kier molecular flexibility index (Phi) is 9.60. The molecular weight excluding hydrogens is 448 g/mol. The number of benzene rings is 2. The van der Waals surface area contributed by atoms with Gasteiger partial charge in [-0.05, 0) is 26.3 Å². The summed E-state index contributed by atoms with van der Waals surface area (Å²) in [5.41, 5.74) is 1.63. The number of hydrogen-bond donors (Lipinski definition) is 0. The Bertz CT molecular complexity index is 971. The number of carbonyl (C=O) groups excluding carboxylic acids is 2. The van der Waals surface area contributed by atoms with Crippen LogP contribution in [0.1, 0.15) is 51.3 Å². The van der Waals surface area contributed by atoms with Crippen LogP contribution in [0, 0.1) is 0 Å². The second-order valence-corrected chi connectivity index (χ2v) is 8.91. The molecule has 0 radical (unpaired) electrons. The first kappa shape index (κ1) is 26.6. The van der Waals surface area contributed by atoms with Crippen molar-refractivity contribution in [3.8, 4) is 0 Å². The summed E-state index contributed by atoms with van der Waals surface area (Å²) < 4.78 is 28.7. The van der Waals surface area contributed by atoms with Crippen molar-refractivity contribution in [2.45, 2.75) is 70.9 Å². The standard InChI is InChI=1S/C28H34O7/c1-20(31-18-22-13-7-5-8-14-22)12-11-17-24(25-19-32-28(3,4)35-25)34-27(30)26(33-21(2)29)23-15-9-6-10-16-23/h5-16,20,24-26H,17-19H2,1-4H3/b12-11-/t20-,24+,25+,26-/m0/s1. The third-order valence-electron chi connectivity index (χ3n) is 5.44. The minimum atomic E-state index is -1.16. The molecule has 4 atom stereocenters. The van der Waals surface area contributed by atoms with Gasteiger partial charge < -0.3 is 23.7 Å². The molecule has 2 aromatic rings. The Balaban J connectivity index is 1.66. The molecule has 1 saturated heterocycles. The molecule has 35 heavy (non-hydrogen) atoms. The monoisotopic (exact) mass is 482 g/mol. The number of ether oxygens (including phenoxy) is 5. The van der Waals surface area contributed by atoms with Gasteiger partial charge in [-0.2, -0.15) is 0 Å². The molecule has 0 aliphatic carbocycles. The van der Waals surface area contributed by atoms with Crippen molar-refractivity contribution in [3.63, 3.8) is 0 Å². The highest BCUT2D eigenvalue weighted by atomic mass is 16.8. The van der Waals surface area contributed by atoms with Crippen LogP contribution in [0.4, 0.5) is 0 Å². The number of esters is 2. The second kappa shape index (κ2) is 12.6. The van der Waals surface area contributed by atoms with E-state index in [0.29, 0.717) is 18.6 Å². The normalized spacial score (nSPS) is 19.7. The summed E-state index contributed by atoms with van der Waals surface area (Å²) in [6, 6.07) is 18.7. The van der Waals surface area contributed by atoms with Crippen LogP contribution >= 0.6 is 0 Å². The van der Waals surface area contributed by atoms with E-state index >= 15 is 0 Å². The minimum absolute atomic E-state index is 0.137. The van der Waals surface area contributed by atoms with Gasteiger partial charge in [-0.15, -0.1) is 0 Å². The van der Waals surface area contributed by atoms with Crippen LogP contribution in [0.2, 0.25) is 0 Å². The van der Waals surface area contributed by atoms with Gasteiger partial charge in [0.15, 0.2) is 5.79 Å². The lowest BCUT2D eigenvalue weighted by atomic mass is 10.1. The van der Waals surface area contributed by atoms with Gasteiger partial charge in [0.05, 0.1) is 19.3 Å². The lowest BCUT2D eigenvalue weighted by Gasteiger charge is -2.25. The molecule has 2 aromatic carbocycles. The van der Waals surface area contributed by atoms with E-state index in [1.807, 2.05) is 69.3 Å². The van der Waals surface area contributed by atoms with E-state index in [2.05, 4.69) is 0 Å². The third-order valence-corrected chi connectivity index (χ3v) is 5.44. The Labute approximate surface area is 207 Å². The number of carbonyl (C=O) groups is 2. The summed E-state index contributed by atoms with van der Waals surface area (Å²) >= 11 is 0. The molecule has 7 heteroatoms. The Morgan fingerprint density at radius 2 is 1.71 bits per heavy atom. The van der Waals surface area contributed by atoms with Crippen LogP contribution in [0.15, 0.2) is 72.8 Å². The summed E-state index contributed by atoms with van der Waals surface area (Å²) in [4.78, 5) is 24.8. The summed E-state index contributed by atoms with van der Waals surface area (Å²) in [5.74, 6) is -2.01. The molecule has 7 nitrogen and oxygen atoms in total. The largest absolute Gasteiger partial charge is 0.456 e. The highest BCUT2D eigenvalue weighted by Crippen LogP contribution is 2.29. The zero-order valence-electron chi connectivity index (χ0n) is 20.7. The van der Waals surface area contributed by atoms with Crippen molar-refractivity contribution < 1.29 is 33.3 Å². The molecule has 1 aliphatic heterocycles. The smallest absolute Gasteiger partial charge is 0.352 e. The SMILES string of the molecule is CC(=O)O[C@H](C(=O)O[C@H](C/C=C\[C@H](C)OCc1ccccc1)[C@H]1COC(C)(C)O1)c1ccccc1. The Morgan fingerprint density at radius 3 is 2.31 bits per heavy atom. The van der Waals surface area contributed by atoms with Gasteiger partial charge in [0.1, 0.15) is 12.2 Å². The molecule has 0 aromatic heterocycles. The molecule has 0 saturated carbocycles. The van der Waals surface area contributed by atoms with Gasteiger partial charge in [0.2, 0.25) is 6.10 Å². The van der Waals surface area contributed by atoms with Crippen LogP contribution in [0.25, 0.3) is 0 Å². The van der Waals surface area contributed by atoms with Crippen LogP contribution < -0.4 is 0 Å². The molecule has 188 valence electrons. The average molecular weight is 483 g/mol. The molecular formula is C28H34O7. The van der Waals surface area contributed by atoms with Crippen LogP contribution in [0.5, 0.6) is 0 Å². The maximum Gasteiger partial charge on any atom is 0.352 e. The molecule has 0 N–H and O–H groups in total. The van der Waals surface area contributed by atoms with Crippen molar-refractivity contribution in [1.29, 1.82) is 0 Å². The van der Waals surface area contributed by atoms with E-state index in [4.69, 9.17) is 23.7 Å². The summed E-state index contributed by atoms with van der Waals surface area (Å²) in [6.07, 6.45) is 1.81. The topological polar surface area (TPSA) is 80.3 Å². The van der Waals surface area contributed by atoms with Crippen molar-refractivity contribution in [3.05, 3.63) is 83.9 Å². The molecule has 0 unspecified atom stereocenters. The Morgan fingerprint density at radius 1 is 1.06 bits per heavy atom. The zero-order valence-corrected chi connectivity index (χ0v) is 20.7. The van der Waals surface area contributed by atoms with E-state index in [0.717, 1.165) is 5.56 Å². The van der Waals surface area contributed by atoms with E-state index in [1.54, 1.807) is 24.3 Å². The number of rotatable bonds is 11. The van der Waals surface area contributed by atoms with Crippen LogP contribution in [0.3, 0.4) is 0 Å². The predicted octanol–water partition coefficient (Wildman–Crippen LogP) is 4.91. The molecule has 3 rings (SSSR count). The molecule has 0 spiro atoms. The summed E-state index contributed by atoms with van der Waals surface area (Å²) in [6.45, 7) is 7.61. The maximum absolute atomic E-state index is 13.1. The molecule has 1 fully saturated rings. The maximum atomic E-state index is 13.1. The average Bonchev–Trinajstić information content (AvgIpc) is 3.21. The van der Waals surface area contributed by atoms with Crippen molar-refractivity contribution >= 4 is 11.9 Å². The predicted molar refractivity (Wildman–Crippen MR) is 130 cm³/mol. The molecule has 1 aliphatic rings. The fraction of sp³-hybridized carbons (Fsp3) is 0.429.